The van der Waals surface area contributed by atoms with Gasteiger partial charge in [-0.2, -0.15) is 5.10 Å². The molecule has 2 aromatic heterocycles. The van der Waals surface area contributed by atoms with Crippen molar-refractivity contribution in [1.82, 2.24) is 14.8 Å². The first-order chi connectivity index (χ1) is 8.15. The fraction of sp³-hybridized carbons (Fsp3) is 0.364. The molecule has 5 nitrogen and oxygen atoms in total. The van der Waals surface area contributed by atoms with Crippen LogP contribution in [0.2, 0.25) is 0 Å². The van der Waals surface area contributed by atoms with Gasteiger partial charge in [-0.3, -0.25) is 9.48 Å². The summed E-state index contributed by atoms with van der Waals surface area (Å²) in [5.41, 5.74) is 0.956. The Morgan fingerprint density at radius 2 is 2.47 bits per heavy atom. The highest BCUT2D eigenvalue weighted by Gasteiger charge is 2.12. The van der Waals surface area contributed by atoms with Crippen molar-refractivity contribution < 1.29 is 4.79 Å². The van der Waals surface area contributed by atoms with E-state index in [1.807, 2.05) is 31.5 Å². The molecule has 90 valence electrons. The number of carbonyl (C=O) groups excluding carboxylic acids is 1. The summed E-state index contributed by atoms with van der Waals surface area (Å²) < 4.78 is 1.80. The Labute approximate surface area is 103 Å². The Morgan fingerprint density at radius 1 is 1.65 bits per heavy atom. The van der Waals surface area contributed by atoms with E-state index in [4.69, 9.17) is 0 Å². The molecule has 6 heteroatoms. The van der Waals surface area contributed by atoms with Crippen LogP contribution in [0.5, 0.6) is 0 Å². The lowest BCUT2D eigenvalue weighted by molar-refractivity contribution is -0.116. The van der Waals surface area contributed by atoms with Gasteiger partial charge < -0.3 is 5.32 Å². The topological polar surface area (TPSA) is 59.8 Å². The van der Waals surface area contributed by atoms with E-state index in [0.29, 0.717) is 11.6 Å². The third kappa shape index (κ3) is 3.13. The average Bonchev–Trinajstić information content (AvgIpc) is 2.89. The van der Waals surface area contributed by atoms with Crippen molar-refractivity contribution in [2.45, 2.75) is 26.3 Å². The van der Waals surface area contributed by atoms with Crippen molar-refractivity contribution in [2.24, 2.45) is 0 Å². The fourth-order valence-corrected chi connectivity index (χ4v) is 2.04. The smallest absolute Gasteiger partial charge is 0.228 e. The van der Waals surface area contributed by atoms with Gasteiger partial charge in [0, 0.05) is 24.2 Å². The summed E-state index contributed by atoms with van der Waals surface area (Å²) in [6.45, 7) is 3.90. The maximum absolute atomic E-state index is 11.7. The van der Waals surface area contributed by atoms with Crippen molar-refractivity contribution in [2.75, 3.05) is 5.32 Å². The minimum atomic E-state index is -0.0411. The quantitative estimate of drug-likeness (QED) is 0.905. The molecule has 0 spiro atoms. The van der Waals surface area contributed by atoms with E-state index < -0.39 is 0 Å². The molecule has 2 heterocycles. The molecular weight excluding hydrogens is 236 g/mol. The molecule has 1 amide bonds. The number of carbonyl (C=O) groups is 1. The largest absolute Gasteiger partial charge is 0.302 e. The van der Waals surface area contributed by atoms with Gasteiger partial charge in [0.25, 0.3) is 0 Å². The van der Waals surface area contributed by atoms with Crippen molar-refractivity contribution in [3.8, 4) is 0 Å². The fourth-order valence-electron chi connectivity index (χ4n) is 1.50. The third-order valence-electron chi connectivity index (χ3n) is 2.35. The molecule has 1 N–H and O–H groups in total. The van der Waals surface area contributed by atoms with Gasteiger partial charge >= 0.3 is 0 Å². The van der Waals surface area contributed by atoms with E-state index in [1.54, 1.807) is 10.9 Å². The zero-order valence-corrected chi connectivity index (χ0v) is 10.6. The molecular formula is C11H14N4OS. The molecule has 0 radical (unpaired) electrons. The molecule has 17 heavy (non-hydrogen) atoms. The van der Waals surface area contributed by atoms with Crippen molar-refractivity contribution in [3.05, 3.63) is 29.5 Å². The summed E-state index contributed by atoms with van der Waals surface area (Å²) in [6, 6.07) is 1.97. The highest BCUT2D eigenvalue weighted by molar-refractivity contribution is 7.13. The van der Waals surface area contributed by atoms with Crippen LogP contribution in [0, 0.1) is 6.92 Å². The Morgan fingerprint density at radius 3 is 3.06 bits per heavy atom. The molecule has 1 atom stereocenters. The SMILES string of the molecule is Cc1ccn(C(C)CC(=O)Nc2nccs2)n1. The minimum Gasteiger partial charge on any atom is -0.302 e. The maximum atomic E-state index is 11.7. The third-order valence-corrected chi connectivity index (χ3v) is 3.04. The second-order valence-electron chi connectivity index (χ2n) is 3.88. The number of aromatic nitrogens is 3. The Bertz CT molecular complexity index is 491. The van der Waals surface area contributed by atoms with Crippen LogP contribution < -0.4 is 5.32 Å². The molecule has 0 bridgehead atoms. The summed E-state index contributed by atoms with van der Waals surface area (Å²) in [7, 11) is 0. The normalized spacial score (nSPS) is 12.4. The Kier molecular flexibility index (Phi) is 3.53. The van der Waals surface area contributed by atoms with Crippen LogP contribution >= 0.6 is 11.3 Å². The van der Waals surface area contributed by atoms with Crippen LogP contribution in [0.3, 0.4) is 0 Å². The molecule has 0 saturated carbocycles. The number of nitrogens with zero attached hydrogens (tertiary/aromatic N) is 3. The lowest BCUT2D eigenvalue weighted by atomic mass is 10.2. The summed E-state index contributed by atoms with van der Waals surface area (Å²) in [5.74, 6) is -0.0411. The van der Waals surface area contributed by atoms with Gasteiger partial charge in [0.15, 0.2) is 5.13 Å². The molecule has 0 saturated heterocycles. The lowest BCUT2D eigenvalue weighted by Gasteiger charge is -2.11. The number of nitrogens with one attached hydrogen (secondary N) is 1. The van der Waals surface area contributed by atoms with E-state index >= 15 is 0 Å². The highest BCUT2D eigenvalue weighted by atomic mass is 32.1. The van der Waals surface area contributed by atoms with Crippen LogP contribution in [-0.4, -0.2) is 20.7 Å². The molecule has 0 aliphatic carbocycles. The molecule has 0 fully saturated rings. The van der Waals surface area contributed by atoms with Gasteiger partial charge in [-0.25, -0.2) is 4.98 Å². The summed E-state index contributed by atoms with van der Waals surface area (Å²) in [6.07, 6.45) is 3.94. The van der Waals surface area contributed by atoms with Crippen LogP contribution in [0.1, 0.15) is 25.1 Å². The molecule has 0 aliphatic heterocycles. The second kappa shape index (κ2) is 5.09. The van der Waals surface area contributed by atoms with Gasteiger partial charge in [-0.15, -0.1) is 11.3 Å². The first kappa shape index (κ1) is 11.8. The number of aryl methyl sites for hydroxylation is 1. The Hall–Kier alpha value is -1.69. The Balaban J connectivity index is 1.90. The molecule has 2 aromatic rings. The zero-order chi connectivity index (χ0) is 12.3. The van der Waals surface area contributed by atoms with Gasteiger partial charge in [-0.05, 0) is 19.9 Å². The molecule has 2 rings (SSSR count). The van der Waals surface area contributed by atoms with E-state index in [1.165, 1.54) is 11.3 Å². The molecule has 0 aliphatic rings. The van der Waals surface area contributed by atoms with Crippen LogP contribution in [-0.2, 0) is 4.79 Å². The van der Waals surface area contributed by atoms with Crippen molar-refractivity contribution in [3.63, 3.8) is 0 Å². The van der Waals surface area contributed by atoms with Crippen LogP contribution in [0.15, 0.2) is 23.8 Å². The maximum Gasteiger partial charge on any atom is 0.228 e. The van der Waals surface area contributed by atoms with Crippen LogP contribution in [0.4, 0.5) is 5.13 Å². The van der Waals surface area contributed by atoms with E-state index in [0.717, 1.165) is 5.69 Å². The predicted octanol–water partition coefficient (Wildman–Crippen LogP) is 2.24. The number of thiazole rings is 1. The molecule has 0 aromatic carbocycles. The van der Waals surface area contributed by atoms with Crippen molar-refractivity contribution in [1.29, 1.82) is 0 Å². The second-order valence-corrected chi connectivity index (χ2v) is 4.77. The van der Waals surface area contributed by atoms with Gasteiger partial charge in [0.2, 0.25) is 5.91 Å². The highest BCUT2D eigenvalue weighted by Crippen LogP contribution is 2.14. The summed E-state index contributed by atoms with van der Waals surface area (Å²) in [5, 5.41) is 9.51. The number of anilines is 1. The van der Waals surface area contributed by atoms with Gasteiger partial charge in [0.05, 0.1) is 11.7 Å². The average molecular weight is 250 g/mol. The molecule has 1 unspecified atom stereocenters. The first-order valence-corrected chi connectivity index (χ1v) is 6.24. The number of rotatable bonds is 4. The zero-order valence-electron chi connectivity index (χ0n) is 9.75. The predicted molar refractivity (Wildman–Crippen MR) is 67.0 cm³/mol. The number of hydrogen-bond acceptors (Lipinski definition) is 4. The number of hydrogen-bond donors (Lipinski definition) is 1. The minimum absolute atomic E-state index is 0.0411. The lowest BCUT2D eigenvalue weighted by Crippen LogP contribution is -2.17. The van der Waals surface area contributed by atoms with Crippen LogP contribution in [0.25, 0.3) is 0 Å². The monoisotopic (exact) mass is 250 g/mol. The summed E-state index contributed by atoms with van der Waals surface area (Å²) in [4.78, 5) is 15.7. The standard InChI is InChI=1S/C11H14N4OS/c1-8-3-5-15(14-8)9(2)7-10(16)13-11-12-4-6-17-11/h3-6,9H,7H2,1-2H3,(H,12,13,16). The van der Waals surface area contributed by atoms with E-state index in [2.05, 4.69) is 15.4 Å². The van der Waals surface area contributed by atoms with E-state index in [9.17, 15) is 4.79 Å². The van der Waals surface area contributed by atoms with Crippen molar-refractivity contribution >= 4 is 22.4 Å². The summed E-state index contributed by atoms with van der Waals surface area (Å²) >= 11 is 1.41. The van der Waals surface area contributed by atoms with E-state index in [-0.39, 0.29) is 11.9 Å². The first-order valence-electron chi connectivity index (χ1n) is 5.36. The van der Waals surface area contributed by atoms with Gasteiger partial charge in [0.1, 0.15) is 0 Å². The number of amides is 1. The van der Waals surface area contributed by atoms with Gasteiger partial charge in [-0.1, -0.05) is 0 Å².